The van der Waals surface area contributed by atoms with Gasteiger partial charge in [0.2, 0.25) is 0 Å². The molecule has 0 saturated carbocycles. The Bertz CT molecular complexity index is 562. The van der Waals surface area contributed by atoms with Gasteiger partial charge in [0.1, 0.15) is 5.72 Å². The van der Waals surface area contributed by atoms with Crippen molar-refractivity contribution >= 4 is 9.84 Å². The van der Waals surface area contributed by atoms with Crippen LogP contribution in [0.5, 0.6) is 0 Å². The van der Waals surface area contributed by atoms with Gasteiger partial charge in [-0.25, -0.2) is 8.42 Å². The Kier molecular flexibility index (Phi) is 8.35. The van der Waals surface area contributed by atoms with E-state index in [2.05, 4.69) is 18.2 Å². The minimum Gasteiger partial charge on any atom is -0.395 e. The summed E-state index contributed by atoms with van der Waals surface area (Å²) in [4.78, 5) is 0.298. The van der Waals surface area contributed by atoms with Crippen molar-refractivity contribution in [2.24, 2.45) is 0 Å². The van der Waals surface area contributed by atoms with E-state index in [9.17, 15) is 13.5 Å². The molecule has 1 rings (SSSR count). The van der Waals surface area contributed by atoms with Crippen molar-refractivity contribution < 1.29 is 18.3 Å². The molecule has 0 bridgehead atoms. The van der Waals surface area contributed by atoms with Crippen LogP contribution in [0, 0.1) is 12.8 Å². The third-order valence-electron chi connectivity index (χ3n) is 3.12. The predicted molar refractivity (Wildman–Crippen MR) is 88.2 cm³/mol. The van der Waals surface area contributed by atoms with Crippen molar-refractivity contribution in [3.05, 3.63) is 29.8 Å². The minimum absolute atomic E-state index is 0.0272. The lowest BCUT2D eigenvalue weighted by molar-refractivity contribution is -0.0221. The highest BCUT2D eigenvalue weighted by molar-refractivity contribution is 7.90. The molecule has 22 heavy (non-hydrogen) atoms. The molecule has 6 heteroatoms. The molecule has 1 aromatic carbocycles. The topological polar surface area (TPSA) is 75.6 Å². The fourth-order valence-electron chi connectivity index (χ4n) is 1.87. The summed E-state index contributed by atoms with van der Waals surface area (Å²) in [6.45, 7) is 3.73. The number of benzene rings is 1. The van der Waals surface area contributed by atoms with E-state index in [4.69, 9.17) is 4.74 Å². The molecule has 1 atom stereocenters. The van der Waals surface area contributed by atoms with Crippen molar-refractivity contribution in [3.8, 4) is 12.8 Å². The zero-order valence-electron chi connectivity index (χ0n) is 13.5. The van der Waals surface area contributed by atoms with Crippen LogP contribution in [0.4, 0.5) is 0 Å². The first-order valence-corrected chi connectivity index (χ1v) is 8.63. The van der Waals surface area contributed by atoms with Gasteiger partial charge in [0.25, 0.3) is 0 Å². The van der Waals surface area contributed by atoms with Gasteiger partial charge in [-0.1, -0.05) is 12.1 Å². The number of aliphatic hydroxyl groups is 1. The lowest BCUT2D eigenvalue weighted by Gasteiger charge is -2.29. The molecule has 0 spiro atoms. The van der Waals surface area contributed by atoms with Gasteiger partial charge in [-0.3, -0.25) is 5.32 Å². The SMILES string of the molecule is C#C.COC(C)(C)N[C@H](CO)Cc1ccc(S(C)(=O)=O)cc1. The van der Waals surface area contributed by atoms with Gasteiger partial charge in [0.05, 0.1) is 11.5 Å². The molecular weight excluding hydrogens is 302 g/mol. The molecule has 5 nitrogen and oxygen atoms in total. The maximum atomic E-state index is 11.4. The van der Waals surface area contributed by atoms with Gasteiger partial charge in [0, 0.05) is 19.4 Å². The molecule has 0 aliphatic heterocycles. The molecule has 0 amide bonds. The maximum Gasteiger partial charge on any atom is 0.175 e. The molecule has 0 radical (unpaired) electrons. The molecule has 0 aromatic heterocycles. The van der Waals surface area contributed by atoms with Crippen LogP contribution in [0.25, 0.3) is 0 Å². The summed E-state index contributed by atoms with van der Waals surface area (Å²) in [5, 5.41) is 12.6. The Morgan fingerprint density at radius 2 is 1.77 bits per heavy atom. The van der Waals surface area contributed by atoms with E-state index in [0.717, 1.165) is 5.56 Å². The number of hydrogen-bond acceptors (Lipinski definition) is 5. The summed E-state index contributed by atoms with van der Waals surface area (Å²) in [5.74, 6) is 0. The molecule has 2 N–H and O–H groups in total. The van der Waals surface area contributed by atoms with Crippen LogP contribution >= 0.6 is 0 Å². The number of nitrogens with one attached hydrogen (secondary N) is 1. The second kappa shape index (κ2) is 8.91. The summed E-state index contributed by atoms with van der Waals surface area (Å²) < 4.78 is 28.0. The molecule has 0 aliphatic rings. The summed E-state index contributed by atoms with van der Waals surface area (Å²) in [7, 11) is -1.57. The van der Waals surface area contributed by atoms with Gasteiger partial charge in [-0.2, -0.15) is 0 Å². The summed E-state index contributed by atoms with van der Waals surface area (Å²) in [5.41, 5.74) is 0.427. The van der Waals surface area contributed by atoms with Crippen LogP contribution in [-0.2, 0) is 21.0 Å². The third-order valence-corrected chi connectivity index (χ3v) is 4.24. The zero-order valence-corrected chi connectivity index (χ0v) is 14.4. The number of sulfone groups is 1. The number of hydrogen-bond donors (Lipinski definition) is 2. The predicted octanol–water partition coefficient (Wildman–Crippen LogP) is 1.21. The van der Waals surface area contributed by atoms with E-state index >= 15 is 0 Å². The highest BCUT2D eigenvalue weighted by atomic mass is 32.2. The molecule has 0 unspecified atom stereocenters. The van der Waals surface area contributed by atoms with Gasteiger partial charge in [-0.05, 0) is 38.0 Å². The highest BCUT2D eigenvalue weighted by Crippen LogP contribution is 2.13. The number of methoxy groups -OCH3 is 1. The standard InChI is InChI=1S/C14H23NO4S.C2H2/c1-14(2,19-3)15-12(10-16)9-11-5-7-13(8-6-11)20(4,17)18;1-2/h5-8,12,15-16H,9-10H2,1-4H3;1-2H/t12-;/m0./s1. The van der Waals surface area contributed by atoms with Crippen molar-refractivity contribution in [3.63, 3.8) is 0 Å². The lowest BCUT2D eigenvalue weighted by atomic mass is 10.1. The van der Waals surface area contributed by atoms with E-state index in [0.29, 0.717) is 11.3 Å². The fourth-order valence-corrected chi connectivity index (χ4v) is 2.50. The quantitative estimate of drug-likeness (QED) is 0.582. The first-order chi connectivity index (χ1) is 10.2. The average Bonchev–Trinajstić information content (AvgIpc) is 2.48. The van der Waals surface area contributed by atoms with Gasteiger partial charge in [-0.15, -0.1) is 12.8 Å². The molecule has 124 valence electrons. The fraction of sp³-hybridized carbons (Fsp3) is 0.500. The Hall–Kier alpha value is -1.39. The van der Waals surface area contributed by atoms with Gasteiger partial charge in [0.15, 0.2) is 9.84 Å². The van der Waals surface area contributed by atoms with E-state index < -0.39 is 15.6 Å². The number of ether oxygens (including phenoxy) is 1. The molecule has 0 heterocycles. The first kappa shape index (κ1) is 20.6. The Morgan fingerprint density at radius 3 is 2.14 bits per heavy atom. The molecule has 0 fully saturated rings. The molecule has 0 aliphatic carbocycles. The first-order valence-electron chi connectivity index (χ1n) is 6.74. The van der Waals surface area contributed by atoms with Gasteiger partial charge < -0.3 is 9.84 Å². The average molecular weight is 327 g/mol. The number of aliphatic hydroxyl groups excluding tert-OH is 1. The molecular formula is C16H25NO4S. The Balaban J connectivity index is 0.00000211. The Labute approximate surface area is 133 Å². The van der Waals surface area contributed by atoms with E-state index in [1.807, 2.05) is 13.8 Å². The zero-order chi connectivity index (χ0) is 17.4. The summed E-state index contributed by atoms with van der Waals surface area (Å²) in [6.07, 6.45) is 9.77. The third kappa shape index (κ3) is 7.05. The van der Waals surface area contributed by atoms with Crippen LogP contribution in [0.3, 0.4) is 0 Å². The number of rotatable bonds is 7. The summed E-state index contributed by atoms with van der Waals surface area (Å²) in [6, 6.07) is 6.54. The smallest absolute Gasteiger partial charge is 0.175 e. The minimum atomic E-state index is -3.17. The van der Waals surface area contributed by atoms with Crippen molar-refractivity contribution in [1.82, 2.24) is 5.32 Å². The van der Waals surface area contributed by atoms with Crippen LogP contribution in [0.1, 0.15) is 19.4 Å². The van der Waals surface area contributed by atoms with Crippen molar-refractivity contribution in [2.45, 2.75) is 36.9 Å². The molecule has 1 aromatic rings. The van der Waals surface area contributed by atoms with E-state index in [1.165, 1.54) is 6.26 Å². The normalized spacial score (nSPS) is 13.0. The summed E-state index contributed by atoms with van der Waals surface area (Å²) >= 11 is 0. The van der Waals surface area contributed by atoms with Crippen LogP contribution in [0.15, 0.2) is 29.2 Å². The van der Waals surface area contributed by atoms with Gasteiger partial charge >= 0.3 is 0 Å². The second-order valence-corrected chi connectivity index (χ2v) is 7.37. The molecule has 0 saturated heterocycles. The van der Waals surface area contributed by atoms with E-state index in [-0.39, 0.29) is 12.6 Å². The van der Waals surface area contributed by atoms with Crippen molar-refractivity contribution in [2.75, 3.05) is 20.0 Å². The second-order valence-electron chi connectivity index (χ2n) is 5.36. The van der Waals surface area contributed by atoms with Crippen LogP contribution in [0.2, 0.25) is 0 Å². The lowest BCUT2D eigenvalue weighted by Crippen LogP contribution is -2.49. The van der Waals surface area contributed by atoms with Crippen LogP contribution in [-0.4, -0.2) is 45.3 Å². The largest absolute Gasteiger partial charge is 0.395 e. The Morgan fingerprint density at radius 1 is 1.27 bits per heavy atom. The monoisotopic (exact) mass is 327 g/mol. The number of terminal acetylenes is 1. The van der Waals surface area contributed by atoms with E-state index in [1.54, 1.807) is 31.4 Å². The van der Waals surface area contributed by atoms with Crippen LogP contribution < -0.4 is 5.32 Å². The maximum absolute atomic E-state index is 11.4. The van der Waals surface area contributed by atoms with Crippen molar-refractivity contribution in [1.29, 1.82) is 0 Å². The highest BCUT2D eigenvalue weighted by Gasteiger charge is 2.21.